The summed E-state index contributed by atoms with van der Waals surface area (Å²) in [4.78, 5) is 34.6. The van der Waals surface area contributed by atoms with E-state index in [2.05, 4.69) is 15.2 Å². The van der Waals surface area contributed by atoms with Gasteiger partial charge in [-0.1, -0.05) is 12.1 Å². The Morgan fingerprint density at radius 1 is 1.03 bits per heavy atom. The van der Waals surface area contributed by atoms with Crippen LogP contribution in [0.5, 0.6) is 0 Å². The Kier molecular flexibility index (Phi) is 6.85. The number of halogens is 1. The molecule has 0 saturated carbocycles. The zero-order chi connectivity index (χ0) is 23.5. The number of carbonyl (C=O) groups is 2. The smallest absolute Gasteiger partial charge is 0.265 e. The number of hydrogen-bond donors (Lipinski definition) is 1. The molecule has 2 heterocycles. The number of benzene rings is 2. The van der Waals surface area contributed by atoms with Crippen LogP contribution in [0.2, 0.25) is 0 Å². The van der Waals surface area contributed by atoms with Crippen LogP contribution in [0, 0.1) is 26.6 Å². The third kappa shape index (κ3) is 5.29. The minimum Gasteiger partial charge on any atom is -0.335 e. The molecule has 1 aromatic heterocycles. The van der Waals surface area contributed by atoms with Gasteiger partial charge in [0.15, 0.2) is 0 Å². The van der Waals surface area contributed by atoms with Gasteiger partial charge in [0.2, 0.25) is 5.91 Å². The molecule has 172 valence electrons. The average molecular weight is 467 g/mol. The Bertz CT molecular complexity index is 1170. The summed E-state index contributed by atoms with van der Waals surface area (Å²) >= 11 is 1.33. The molecule has 33 heavy (non-hydrogen) atoms. The van der Waals surface area contributed by atoms with Gasteiger partial charge in [-0.25, -0.2) is 9.37 Å². The van der Waals surface area contributed by atoms with Gasteiger partial charge in [-0.2, -0.15) is 0 Å². The summed E-state index contributed by atoms with van der Waals surface area (Å²) in [6.45, 7) is 8.52. The first-order chi connectivity index (χ1) is 15.8. The highest BCUT2D eigenvalue weighted by Crippen LogP contribution is 2.29. The molecule has 6 nitrogen and oxygen atoms in total. The number of nitrogens with zero attached hydrogens (tertiary/aromatic N) is 3. The predicted octanol–water partition coefficient (Wildman–Crippen LogP) is 4.27. The fourth-order valence-corrected chi connectivity index (χ4v) is 4.88. The Morgan fingerprint density at radius 2 is 1.73 bits per heavy atom. The van der Waals surface area contributed by atoms with Crippen LogP contribution < -0.4 is 5.32 Å². The minimum absolute atomic E-state index is 0.0437. The molecule has 0 bridgehead atoms. The van der Waals surface area contributed by atoms with Crippen molar-refractivity contribution < 1.29 is 14.0 Å². The lowest BCUT2D eigenvalue weighted by Crippen LogP contribution is -2.50. The summed E-state index contributed by atoms with van der Waals surface area (Å²) in [6, 6.07) is 12.0. The van der Waals surface area contributed by atoms with Crippen molar-refractivity contribution in [3.63, 3.8) is 0 Å². The van der Waals surface area contributed by atoms with Crippen molar-refractivity contribution >= 4 is 28.8 Å². The second-order valence-corrected chi connectivity index (χ2v) is 9.30. The Balaban J connectivity index is 1.33. The molecular weight excluding hydrogens is 439 g/mol. The standard InChI is InChI=1S/C25H27FN4O2S/c1-16-5-4-6-21(17(16)2)28-22(31)15-29-11-13-30(14-12-29)25(32)23-18(3)27-24(33-23)19-7-9-20(26)10-8-19/h4-10H,11-15H2,1-3H3,(H,28,31). The highest BCUT2D eigenvalue weighted by Gasteiger charge is 2.26. The molecule has 4 rings (SSSR count). The van der Waals surface area contributed by atoms with Gasteiger partial charge in [0, 0.05) is 37.4 Å². The van der Waals surface area contributed by atoms with Crippen molar-refractivity contribution in [1.82, 2.24) is 14.8 Å². The van der Waals surface area contributed by atoms with Crippen LogP contribution in [0.3, 0.4) is 0 Å². The molecule has 3 aromatic rings. The first kappa shape index (κ1) is 23.1. The van der Waals surface area contributed by atoms with Gasteiger partial charge in [0.05, 0.1) is 12.2 Å². The number of aromatic nitrogens is 1. The van der Waals surface area contributed by atoms with Crippen molar-refractivity contribution in [2.75, 3.05) is 38.0 Å². The molecule has 2 amide bonds. The lowest BCUT2D eigenvalue weighted by Gasteiger charge is -2.34. The molecule has 8 heteroatoms. The molecule has 0 aliphatic carbocycles. The first-order valence-corrected chi connectivity index (χ1v) is 11.7. The molecule has 2 aromatic carbocycles. The van der Waals surface area contributed by atoms with Crippen LogP contribution in [0.4, 0.5) is 10.1 Å². The molecule has 1 fully saturated rings. The SMILES string of the molecule is Cc1cccc(NC(=O)CN2CCN(C(=O)c3sc(-c4ccc(F)cc4)nc3C)CC2)c1C. The van der Waals surface area contributed by atoms with Crippen LogP contribution in [0.25, 0.3) is 10.6 Å². The third-order valence-corrected chi connectivity index (χ3v) is 7.18. The van der Waals surface area contributed by atoms with Gasteiger partial charge in [-0.3, -0.25) is 14.5 Å². The van der Waals surface area contributed by atoms with E-state index < -0.39 is 0 Å². The molecular formula is C25H27FN4O2S. The zero-order valence-corrected chi connectivity index (χ0v) is 19.8. The molecule has 1 aliphatic heterocycles. The van der Waals surface area contributed by atoms with E-state index >= 15 is 0 Å². The van der Waals surface area contributed by atoms with Crippen molar-refractivity contribution in [3.8, 4) is 10.6 Å². The van der Waals surface area contributed by atoms with Crippen molar-refractivity contribution in [2.24, 2.45) is 0 Å². The van der Waals surface area contributed by atoms with Crippen molar-refractivity contribution in [2.45, 2.75) is 20.8 Å². The maximum atomic E-state index is 13.2. The second-order valence-electron chi connectivity index (χ2n) is 8.30. The Labute approximate surface area is 197 Å². The summed E-state index contributed by atoms with van der Waals surface area (Å²) in [5, 5.41) is 3.70. The summed E-state index contributed by atoms with van der Waals surface area (Å²) in [5.41, 5.74) is 4.52. The van der Waals surface area contributed by atoms with E-state index in [0.717, 1.165) is 22.4 Å². The van der Waals surface area contributed by atoms with E-state index in [-0.39, 0.29) is 17.6 Å². The fourth-order valence-electron chi connectivity index (χ4n) is 3.84. The Hall–Kier alpha value is -3.10. The monoisotopic (exact) mass is 466 g/mol. The maximum absolute atomic E-state index is 13.2. The lowest BCUT2D eigenvalue weighted by atomic mass is 10.1. The molecule has 1 N–H and O–H groups in total. The van der Waals surface area contributed by atoms with Gasteiger partial charge >= 0.3 is 0 Å². The number of carbonyl (C=O) groups excluding carboxylic acids is 2. The number of amides is 2. The van der Waals surface area contributed by atoms with E-state index in [1.165, 1.54) is 23.5 Å². The van der Waals surface area contributed by atoms with Crippen LogP contribution in [-0.4, -0.2) is 59.3 Å². The van der Waals surface area contributed by atoms with Gasteiger partial charge in [0.1, 0.15) is 15.7 Å². The molecule has 0 unspecified atom stereocenters. The number of nitrogens with one attached hydrogen (secondary N) is 1. The van der Waals surface area contributed by atoms with Gasteiger partial charge in [0.25, 0.3) is 5.91 Å². The van der Waals surface area contributed by atoms with Crippen LogP contribution >= 0.6 is 11.3 Å². The molecule has 0 atom stereocenters. The quantitative estimate of drug-likeness (QED) is 0.610. The van der Waals surface area contributed by atoms with Gasteiger partial charge in [-0.15, -0.1) is 11.3 Å². The number of aryl methyl sites for hydroxylation is 2. The Morgan fingerprint density at radius 3 is 2.42 bits per heavy atom. The van der Waals surface area contributed by atoms with E-state index in [9.17, 15) is 14.0 Å². The fraction of sp³-hybridized carbons (Fsp3) is 0.320. The van der Waals surface area contributed by atoms with Crippen LogP contribution in [0.1, 0.15) is 26.5 Å². The number of rotatable bonds is 5. The second kappa shape index (κ2) is 9.80. The number of anilines is 1. The van der Waals surface area contributed by atoms with E-state index in [1.807, 2.05) is 43.9 Å². The third-order valence-electron chi connectivity index (χ3n) is 5.99. The van der Waals surface area contributed by atoms with Crippen molar-refractivity contribution in [3.05, 3.63) is 70.0 Å². The normalized spacial score (nSPS) is 14.4. The minimum atomic E-state index is -0.302. The first-order valence-electron chi connectivity index (χ1n) is 10.9. The summed E-state index contributed by atoms with van der Waals surface area (Å²) in [7, 11) is 0. The van der Waals surface area contributed by atoms with Crippen LogP contribution in [0.15, 0.2) is 42.5 Å². The topological polar surface area (TPSA) is 65.5 Å². The van der Waals surface area contributed by atoms with Crippen molar-refractivity contribution in [1.29, 1.82) is 0 Å². The van der Waals surface area contributed by atoms with Gasteiger partial charge in [-0.05, 0) is 62.2 Å². The number of thiazole rings is 1. The largest absolute Gasteiger partial charge is 0.335 e. The molecule has 0 spiro atoms. The molecule has 0 radical (unpaired) electrons. The van der Waals surface area contributed by atoms with Gasteiger partial charge < -0.3 is 10.2 Å². The molecule has 1 saturated heterocycles. The maximum Gasteiger partial charge on any atom is 0.265 e. The highest BCUT2D eigenvalue weighted by molar-refractivity contribution is 7.17. The summed E-state index contributed by atoms with van der Waals surface area (Å²) < 4.78 is 13.2. The summed E-state index contributed by atoms with van der Waals surface area (Å²) in [5.74, 6) is -0.396. The molecule has 1 aliphatic rings. The zero-order valence-electron chi connectivity index (χ0n) is 19.0. The number of hydrogen-bond acceptors (Lipinski definition) is 5. The van der Waals surface area contributed by atoms with E-state index in [0.29, 0.717) is 48.3 Å². The average Bonchev–Trinajstić information content (AvgIpc) is 3.19. The highest BCUT2D eigenvalue weighted by atomic mass is 32.1. The predicted molar refractivity (Wildman–Crippen MR) is 129 cm³/mol. The van der Waals surface area contributed by atoms with E-state index in [1.54, 1.807) is 12.1 Å². The number of piperazine rings is 1. The lowest BCUT2D eigenvalue weighted by molar-refractivity contribution is -0.117. The van der Waals surface area contributed by atoms with E-state index in [4.69, 9.17) is 0 Å². The van der Waals surface area contributed by atoms with Crippen LogP contribution in [-0.2, 0) is 4.79 Å². The summed E-state index contributed by atoms with van der Waals surface area (Å²) in [6.07, 6.45) is 0.